The molecule has 3 aromatic rings. The Bertz CT molecular complexity index is 1010. The minimum Gasteiger partial charge on any atom is -0.461 e. The fourth-order valence-electron chi connectivity index (χ4n) is 2.70. The molecule has 2 aromatic heterocycles. The van der Waals surface area contributed by atoms with E-state index in [1.807, 2.05) is 0 Å². The molecule has 0 unspecified atom stereocenters. The van der Waals surface area contributed by atoms with Crippen LogP contribution in [0.25, 0.3) is 11.6 Å². The van der Waals surface area contributed by atoms with Gasteiger partial charge in [-0.2, -0.15) is 9.29 Å². The van der Waals surface area contributed by atoms with Crippen LogP contribution in [0.3, 0.4) is 0 Å². The maximum absolute atomic E-state index is 12.7. The van der Waals surface area contributed by atoms with Crippen LogP contribution in [-0.2, 0) is 10.0 Å². The predicted molar refractivity (Wildman–Crippen MR) is 89.7 cm³/mol. The molecule has 1 fully saturated rings. The molecule has 130 valence electrons. The molecular formula is C16H14ClN3O4S. The van der Waals surface area contributed by atoms with Crippen LogP contribution in [-0.4, -0.2) is 36.0 Å². The molecule has 3 heterocycles. The highest BCUT2D eigenvalue weighted by molar-refractivity contribution is 7.89. The van der Waals surface area contributed by atoms with Crippen LogP contribution < -0.4 is 0 Å². The number of sulfonamides is 1. The van der Waals surface area contributed by atoms with E-state index in [0.29, 0.717) is 28.1 Å². The van der Waals surface area contributed by atoms with Gasteiger partial charge in [0.1, 0.15) is 0 Å². The average molecular weight is 380 g/mol. The number of halogens is 1. The molecule has 4 rings (SSSR count). The van der Waals surface area contributed by atoms with Crippen LogP contribution in [0.2, 0.25) is 5.02 Å². The van der Waals surface area contributed by atoms with Crippen molar-refractivity contribution in [1.29, 1.82) is 0 Å². The summed E-state index contributed by atoms with van der Waals surface area (Å²) in [5.41, 5.74) is 0.547. The molecule has 7 nitrogen and oxygen atoms in total. The molecule has 25 heavy (non-hydrogen) atoms. The summed E-state index contributed by atoms with van der Waals surface area (Å²) in [6.45, 7) is 2.27. The van der Waals surface area contributed by atoms with Crippen LogP contribution in [0, 0.1) is 6.92 Å². The van der Waals surface area contributed by atoms with Gasteiger partial charge >= 0.3 is 0 Å². The quantitative estimate of drug-likeness (QED) is 0.692. The van der Waals surface area contributed by atoms with E-state index in [0.717, 1.165) is 0 Å². The second-order valence-electron chi connectivity index (χ2n) is 5.82. The lowest BCUT2D eigenvalue weighted by atomic mass is 10.0. The zero-order chi connectivity index (χ0) is 17.6. The van der Waals surface area contributed by atoms with Crippen LogP contribution in [0.15, 0.2) is 50.4 Å². The lowest BCUT2D eigenvalue weighted by Gasteiger charge is -2.36. The van der Waals surface area contributed by atoms with E-state index in [9.17, 15) is 8.42 Å². The fraction of sp³-hybridized carbons (Fsp3) is 0.250. The van der Waals surface area contributed by atoms with Crippen molar-refractivity contribution in [3.63, 3.8) is 0 Å². The van der Waals surface area contributed by atoms with Crippen molar-refractivity contribution in [1.82, 2.24) is 14.4 Å². The SMILES string of the molecule is Cc1c(Cl)cccc1S(=O)(=O)N1CC(c2nc(-c3ccco3)no2)C1. The standard InChI is InChI=1S/C16H14ClN3O4S/c1-10-12(17)4-2-6-14(10)25(21,22)20-8-11(9-20)16-18-15(19-24-16)13-5-3-7-23-13/h2-7,11H,8-9H2,1H3. The van der Waals surface area contributed by atoms with Gasteiger partial charge in [0.05, 0.1) is 17.1 Å². The molecule has 0 amide bonds. The summed E-state index contributed by atoms with van der Waals surface area (Å²) < 4.78 is 37.3. The lowest BCUT2D eigenvalue weighted by molar-refractivity contribution is 0.216. The van der Waals surface area contributed by atoms with Crippen LogP contribution in [0.1, 0.15) is 17.4 Å². The Kier molecular flexibility index (Phi) is 3.90. The zero-order valence-corrected chi connectivity index (χ0v) is 14.8. The van der Waals surface area contributed by atoms with Gasteiger partial charge < -0.3 is 8.94 Å². The van der Waals surface area contributed by atoms with Crippen molar-refractivity contribution in [2.24, 2.45) is 0 Å². The van der Waals surface area contributed by atoms with E-state index < -0.39 is 10.0 Å². The first-order valence-electron chi connectivity index (χ1n) is 7.59. The highest BCUT2D eigenvalue weighted by Crippen LogP contribution is 2.34. The van der Waals surface area contributed by atoms with Crippen molar-refractivity contribution >= 4 is 21.6 Å². The van der Waals surface area contributed by atoms with E-state index in [-0.39, 0.29) is 23.9 Å². The third-order valence-electron chi connectivity index (χ3n) is 4.22. The largest absolute Gasteiger partial charge is 0.461 e. The highest BCUT2D eigenvalue weighted by atomic mass is 35.5. The van der Waals surface area contributed by atoms with E-state index in [1.54, 1.807) is 37.3 Å². The normalized spacial score (nSPS) is 16.1. The first-order valence-corrected chi connectivity index (χ1v) is 9.41. The first-order chi connectivity index (χ1) is 12.0. The Balaban J connectivity index is 1.51. The number of aromatic nitrogens is 2. The smallest absolute Gasteiger partial charge is 0.243 e. The topological polar surface area (TPSA) is 89.4 Å². The second kappa shape index (κ2) is 5.98. The Morgan fingerprint density at radius 1 is 1.24 bits per heavy atom. The van der Waals surface area contributed by atoms with Gasteiger partial charge in [-0.1, -0.05) is 22.8 Å². The maximum Gasteiger partial charge on any atom is 0.243 e. The van der Waals surface area contributed by atoms with Gasteiger partial charge in [-0.05, 0) is 36.8 Å². The van der Waals surface area contributed by atoms with Gasteiger partial charge in [0.15, 0.2) is 5.76 Å². The Hall–Kier alpha value is -2.16. The van der Waals surface area contributed by atoms with E-state index in [1.165, 1.54) is 10.6 Å². The molecular weight excluding hydrogens is 366 g/mol. The molecule has 1 aromatic carbocycles. The Labute approximate surface area is 149 Å². The van der Waals surface area contributed by atoms with Gasteiger partial charge in [0.25, 0.3) is 0 Å². The number of hydrogen-bond donors (Lipinski definition) is 0. The van der Waals surface area contributed by atoms with Crippen molar-refractivity contribution < 1.29 is 17.4 Å². The third-order valence-corrected chi connectivity index (χ3v) is 6.60. The predicted octanol–water partition coefficient (Wildman–Crippen LogP) is 3.08. The molecule has 0 spiro atoms. The zero-order valence-electron chi connectivity index (χ0n) is 13.2. The highest BCUT2D eigenvalue weighted by Gasteiger charge is 2.41. The lowest BCUT2D eigenvalue weighted by Crippen LogP contribution is -2.48. The molecule has 0 saturated carbocycles. The van der Waals surface area contributed by atoms with Crippen molar-refractivity contribution in [3.05, 3.63) is 53.1 Å². The first kappa shape index (κ1) is 16.3. The average Bonchev–Trinajstić information content (AvgIpc) is 3.18. The number of furan rings is 1. The van der Waals surface area contributed by atoms with E-state index in [4.69, 9.17) is 20.5 Å². The van der Waals surface area contributed by atoms with Gasteiger partial charge in [0, 0.05) is 18.1 Å². The van der Waals surface area contributed by atoms with Gasteiger partial charge in [0.2, 0.25) is 21.7 Å². The van der Waals surface area contributed by atoms with Crippen LogP contribution in [0.4, 0.5) is 0 Å². The summed E-state index contributed by atoms with van der Waals surface area (Å²) in [7, 11) is -3.59. The van der Waals surface area contributed by atoms with Gasteiger partial charge in [-0.25, -0.2) is 8.42 Å². The molecule has 0 aliphatic carbocycles. The summed E-state index contributed by atoms with van der Waals surface area (Å²) in [6, 6.07) is 8.33. The number of hydrogen-bond acceptors (Lipinski definition) is 6. The Morgan fingerprint density at radius 3 is 2.76 bits per heavy atom. The summed E-state index contributed by atoms with van der Waals surface area (Å²) in [4.78, 5) is 4.50. The molecule has 0 atom stereocenters. The van der Waals surface area contributed by atoms with Crippen molar-refractivity contribution in [2.75, 3.05) is 13.1 Å². The molecule has 1 aliphatic rings. The van der Waals surface area contributed by atoms with Gasteiger partial charge in [-0.3, -0.25) is 0 Å². The van der Waals surface area contributed by atoms with E-state index in [2.05, 4.69) is 10.1 Å². The summed E-state index contributed by atoms with van der Waals surface area (Å²) in [5.74, 6) is 1.13. The van der Waals surface area contributed by atoms with Crippen molar-refractivity contribution in [3.8, 4) is 11.6 Å². The fourth-order valence-corrected chi connectivity index (χ4v) is 4.71. The molecule has 0 bridgehead atoms. The maximum atomic E-state index is 12.7. The molecule has 1 aliphatic heterocycles. The number of benzene rings is 1. The molecule has 9 heteroatoms. The second-order valence-corrected chi connectivity index (χ2v) is 8.13. The molecule has 0 radical (unpaired) electrons. The third kappa shape index (κ3) is 2.76. The minimum absolute atomic E-state index is 0.134. The number of rotatable bonds is 4. The summed E-state index contributed by atoms with van der Waals surface area (Å²) >= 11 is 6.04. The Morgan fingerprint density at radius 2 is 2.04 bits per heavy atom. The van der Waals surface area contributed by atoms with Crippen LogP contribution >= 0.6 is 11.6 Å². The minimum atomic E-state index is -3.59. The van der Waals surface area contributed by atoms with Crippen molar-refractivity contribution in [2.45, 2.75) is 17.7 Å². The van der Waals surface area contributed by atoms with Gasteiger partial charge in [-0.15, -0.1) is 0 Å². The summed E-state index contributed by atoms with van der Waals surface area (Å²) in [6.07, 6.45) is 1.52. The number of nitrogens with zero attached hydrogens (tertiary/aromatic N) is 3. The summed E-state index contributed by atoms with van der Waals surface area (Å²) in [5, 5.41) is 4.30. The van der Waals surface area contributed by atoms with E-state index >= 15 is 0 Å². The molecule has 1 saturated heterocycles. The molecule has 0 N–H and O–H groups in total. The monoisotopic (exact) mass is 379 g/mol. The van der Waals surface area contributed by atoms with Crippen LogP contribution in [0.5, 0.6) is 0 Å².